The Morgan fingerprint density at radius 3 is 2.05 bits per heavy atom. The smallest absolute Gasteiger partial charge is 0.263 e. The summed E-state index contributed by atoms with van der Waals surface area (Å²) in [5.41, 5.74) is 4.51. The van der Waals surface area contributed by atoms with Gasteiger partial charge in [0.05, 0.1) is 0 Å². The molecule has 0 saturated carbocycles. The van der Waals surface area contributed by atoms with Crippen molar-refractivity contribution in [2.24, 2.45) is 0 Å². The third-order valence-corrected chi connectivity index (χ3v) is 2.95. The lowest BCUT2D eigenvalue weighted by Gasteiger charge is -2.09. The standard InChI is InChI=1S/C16H17F2N/c1-11-7-12(2)9-15(8-11)19-10-13-3-5-14(6-4-13)16(17)18/h3-9,16,19H,10H2,1-2H3. The van der Waals surface area contributed by atoms with Gasteiger partial charge in [-0.15, -0.1) is 0 Å². The first-order valence-electron chi connectivity index (χ1n) is 6.24. The van der Waals surface area contributed by atoms with E-state index in [1.807, 2.05) is 0 Å². The Kier molecular flexibility index (Phi) is 4.15. The van der Waals surface area contributed by atoms with E-state index in [1.54, 1.807) is 12.1 Å². The average Bonchev–Trinajstić information content (AvgIpc) is 2.36. The molecule has 2 aromatic carbocycles. The Balaban J connectivity index is 2.02. The van der Waals surface area contributed by atoms with Gasteiger partial charge in [0.2, 0.25) is 0 Å². The van der Waals surface area contributed by atoms with Crippen molar-refractivity contribution in [1.29, 1.82) is 0 Å². The molecule has 0 aromatic heterocycles. The molecule has 0 bridgehead atoms. The molecule has 100 valence electrons. The fourth-order valence-corrected chi connectivity index (χ4v) is 2.06. The van der Waals surface area contributed by atoms with Gasteiger partial charge in [-0.25, -0.2) is 8.78 Å². The summed E-state index contributed by atoms with van der Waals surface area (Å²) >= 11 is 0. The summed E-state index contributed by atoms with van der Waals surface area (Å²) in [4.78, 5) is 0. The second-order valence-corrected chi connectivity index (χ2v) is 4.77. The van der Waals surface area contributed by atoms with Crippen LogP contribution in [0.15, 0.2) is 42.5 Å². The Labute approximate surface area is 112 Å². The van der Waals surface area contributed by atoms with Crippen molar-refractivity contribution < 1.29 is 8.78 Å². The molecule has 0 atom stereocenters. The molecule has 2 aromatic rings. The van der Waals surface area contributed by atoms with Crippen molar-refractivity contribution in [3.63, 3.8) is 0 Å². The van der Waals surface area contributed by atoms with Crippen LogP contribution in [0.5, 0.6) is 0 Å². The van der Waals surface area contributed by atoms with Crippen LogP contribution in [0.2, 0.25) is 0 Å². The van der Waals surface area contributed by atoms with Crippen LogP contribution in [-0.4, -0.2) is 0 Å². The summed E-state index contributed by atoms with van der Waals surface area (Å²) in [7, 11) is 0. The lowest BCUT2D eigenvalue weighted by molar-refractivity contribution is 0.151. The van der Waals surface area contributed by atoms with Gasteiger partial charge in [-0.05, 0) is 42.7 Å². The number of hydrogen-bond donors (Lipinski definition) is 1. The summed E-state index contributed by atoms with van der Waals surface area (Å²) in [5.74, 6) is 0. The van der Waals surface area contributed by atoms with Gasteiger partial charge >= 0.3 is 0 Å². The molecule has 0 radical (unpaired) electrons. The molecule has 0 unspecified atom stereocenters. The maximum Gasteiger partial charge on any atom is 0.263 e. The highest BCUT2D eigenvalue weighted by molar-refractivity contribution is 5.48. The highest BCUT2D eigenvalue weighted by Crippen LogP contribution is 2.19. The number of nitrogens with one attached hydrogen (secondary N) is 1. The number of anilines is 1. The van der Waals surface area contributed by atoms with Crippen LogP contribution in [0.25, 0.3) is 0 Å². The van der Waals surface area contributed by atoms with E-state index in [-0.39, 0.29) is 5.56 Å². The topological polar surface area (TPSA) is 12.0 Å². The highest BCUT2D eigenvalue weighted by Gasteiger charge is 2.05. The molecular formula is C16H17F2N. The summed E-state index contributed by atoms with van der Waals surface area (Å²) in [6, 6.07) is 12.7. The van der Waals surface area contributed by atoms with E-state index in [1.165, 1.54) is 23.3 Å². The number of alkyl halides is 2. The fraction of sp³-hybridized carbons (Fsp3) is 0.250. The molecule has 0 spiro atoms. The summed E-state index contributed by atoms with van der Waals surface area (Å²) in [6.07, 6.45) is -2.40. The first-order chi connectivity index (χ1) is 9.04. The summed E-state index contributed by atoms with van der Waals surface area (Å²) in [6.45, 7) is 4.73. The van der Waals surface area contributed by atoms with E-state index in [9.17, 15) is 8.78 Å². The molecule has 1 nitrogen and oxygen atoms in total. The Hall–Kier alpha value is -1.90. The van der Waals surface area contributed by atoms with Gasteiger partial charge < -0.3 is 5.32 Å². The van der Waals surface area contributed by atoms with Gasteiger partial charge in [-0.1, -0.05) is 30.3 Å². The minimum Gasteiger partial charge on any atom is -0.381 e. The van der Waals surface area contributed by atoms with E-state index < -0.39 is 6.43 Å². The van der Waals surface area contributed by atoms with Crippen molar-refractivity contribution in [3.8, 4) is 0 Å². The molecule has 0 aliphatic carbocycles. The van der Waals surface area contributed by atoms with Crippen LogP contribution in [0, 0.1) is 13.8 Å². The molecule has 0 saturated heterocycles. The number of aryl methyl sites for hydroxylation is 2. The van der Waals surface area contributed by atoms with Crippen LogP contribution in [0.1, 0.15) is 28.7 Å². The molecule has 1 N–H and O–H groups in total. The van der Waals surface area contributed by atoms with E-state index in [0.717, 1.165) is 11.3 Å². The Morgan fingerprint density at radius 2 is 1.53 bits per heavy atom. The van der Waals surface area contributed by atoms with Crippen LogP contribution in [0.4, 0.5) is 14.5 Å². The molecular weight excluding hydrogens is 244 g/mol. The quantitative estimate of drug-likeness (QED) is 0.829. The van der Waals surface area contributed by atoms with Crippen molar-refractivity contribution >= 4 is 5.69 Å². The zero-order chi connectivity index (χ0) is 13.8. The van der Waals surface area contributed by atoms with E-state index in [0.29, 0.717) is 6.54 Å². The van der Waals surface area contributed by atoms with Crippen LogP contribution in [-0.2, 0) is 6.54 Å². The van der Waals surface area contributed by atoms with Gasteiger partial charge in [0.15, 0.2) is 0 Å². The first-order valence-corrected chi connectivity index (χ1v) is 6.24. The van der Waals surface area contributed by atoms with Crippen LogP contribution >= 0.6 is 0 Å². The summed E-state index contributed by atoms with van der Waals surface area (Å²) < 4.78 is 24.8. The minimum atomic E-state index is -2.40. The van der Waals surface area contributed by atoms with Gasteiger partial charge in [0.25, 0.3) is 6.43 Å². The predicted molar refractivity (Wildman–Crippen MR) is 74.6 cm³/mol. The predicted octanol–water partition coefficient (Wildman–Crippen LogP) is 4.85. The first kappa shape index (κ1) is 13.5. The SMILES string of the molecule is Cc1cc(C)cc(NCc2ccc(C(F)F)cc2)c1. The molecule has 0 fully saturated rings. The number of rotatable bonds is 4. The van der Waals surface area contributed by atoms with Crippen molar-refractivity contribution in [3.05, 3.63) is 64.7 Å². The summed E-state index contributed by atoms with van der Waals surface area (Å²) in [5, 5.41) is 3.30. The molecule has 2 rings (SSSR count). The van der Waals surface area contributed by atoms with Gasteiger partial charge in [-0.3, -0.25) is 0 Å². The van der Waals surface area contributed by atoms with E-state index in [4.69, 9.17) is 0 Å². The third kappa shape index (κ3) is 3.78. The van der Waals surface area contributed by atoms with Gasteiger partial charge in [-0.2, -0.15) is 0 Å². The maximum atomic E-state index is 12.4. The number of benzene rings is 2. The highest BCUT2D eigenvalue weighted by atomic mass is 19.3. The molecule has 0 heterocycles. The molecule has 0 amide bonds. The molecule has 0 aliphatic rings. The minimum absolute atomic E-state index is 0.0650. The van der Waals surface area contributed by atoms with Crippen molar-refractivity contribution in [2.45, 2.75) is 26.8 Å². The lowest BCUT2D eigenvalue weighted by atomic mass is 10.1. The number of halogens is 2. The lowest BCUT2D eigenvalue weighted by Crippen LogP contribution is -2.00. The Bertz CT molecular complexity index is 527. The van der Waals surface area contributed by atoms with E-state index >= 15 is 0 Å². The normalized spacial score (nSPS) is 10.8. The zero-order valence-corrected chi connectivity index (χ0v) is 11.1. The van der Waals surface area contributed by atoms with Crippen molar-refractivity contribution in [2.75, 3.05) is 5.32 Å². The molecule has 0 aliphatic heterocycles. The second kappa shape index (κ2) is 5.83. The Morgan fingerprint density at radius 1 is 0.947 bits per heavy atom. The van der Waals surface area contributed by atoms with E-state index in [2.05, 4.69) is 37.4 Å². The largest absolute Gasteiger partial charge is 0.381 e. The maximum absolute atomic E-state index is 12.4. The molecule has 19 heavy (non-hydrogen) atoms. The monoisotopic (exact) mass is 261 g/mol. The van der Waals surface area contributed by atoms with Crippen molar-refractivity contribution in [1.82, 2.24) is 0 Å². The zero-order valence-electron chi connectivity index (χ0n) is 11.1. The van der Waals surface area contributed by atoms with Crippen LogP contribution in [0.3, 0.4) is 0 Å². The van der Waals surface area contributed by atoms with Gasteiger partial charge in [0, 0.05) is 17.8 Å². The second-order valence-electron chi connectivity index (χ2n) is 4.77. The fourth-order valence-electron chi connectivity index (χ4n) is 2.06. The van der Waals surface area contributed by atoms with Gasteiger partial charge in [0.1, 0.15) is 0 Å². The third-order valence-electron chi connectivity index (χ3n) is 2.95. The van der Waals surface area contributed by atoms with Crippen LogP contribution < -0.4 is 5.32 Å². The molecule has 3 heteroatoms. The number of hydrogen-bond acceptors (Lipinski definition) is 1. The average molecular weight is 261 g/mol.